The van der Waals surface area contributed by atoms with Crippen LogP contribution in [0.15, 0.2) is 200 Å². The quantitative estimate of drug-likeness (QED) is 0.162. The van der Waals surface area contributed by atoms with Crippen molar-refractivity contribution in [3.8, 4) is 44.5 Å². The number of nitrogens with zero attached hydrogens (tertiary/aromatic N) is 1. The van der Waals surface area contributed by atoms with Crippen LogP contribution in [0.1, 0.15) is 31.9 Å². The molecule has 0 heterocycles. The van der Waals surface area contributed by atoms with Crippen LogP contribution in [-0.2, 0) is 5.41 Å². The van der Waals surface area contributed by atoms with E-state index in [1.54, 1.807) is 0 Å². The summed E-state index contributed by atoms with van der Waals surface area (Å²) in [6.45, 7) is 7.34. The minimum atomic E-state index is -0.0555. The standard InChI is InChI=1S/C52H43N/c1-36-50(53(45-28-23-41(24-29-45)38-15-9-5-10-16-38)46-30-25-42(26-31-46)39-17-11-6-12-18-39)34-33-48-47-32-27-44(35-49(47)52(2,3)51(36)48)43-21-19-40(20-22-43)37-13-7-4-8-14-37/h4-36,51H,1-3H3. The summed E-state index contributed by atoms with van der Waals surface area (Å²) in [5, 5.41) is 0. The summed E-state index contributed by atoms with van der Waals surface area (Å²) < 4.78 is 0. The van der Waals surface area contributed by atoms with Crippen LogP contribution in [0.25, 0.3) is 50.1 Å². The minimum absolute atomic E-state index is 0.0555. The molecule has 0 spiro atoms. The smallest absolute Gasteiger partial charge is 0.0458 e. The molecule has 0 N–H and O–H groups in total. The predicted molar refractivity (Wildman–Crippen MR) is 225 cm³/mol. The van der Waals surface area contributed by atoms with Crippen LogP contribution in [-0.4, -0.2) is 0 Å². The first-order valence-electron chi connectivity index (χ1n) is 18.8. The summed E-state index contributed by atoms with van der Waals surface area (Å²) in [6, 6.07) is 66.2. The van der Waals surface area contributed by atoms with Crippen LogP contribution < -0.4 is 4.90 Å². The molecule has 0 bridgehead atoms. The van der Waals surface area contributed by atoms with Crippen LogP contribution >= 0.6 is 0 Å². The minimum Gasteiger partial charge on any atom is -0.314 e. The number of hydrogen-bond donors (Lipinski definition) is 0. The summed E-state index contributed by atoms with van der Waals surface area (Å²) in [7, 11) is 0. The summed E-state index contributed by atoms with van der Waals surface area (Å²) >= 11 is 0. The number of allylic oxidation sites excluding steroid dienone is 4. The van der Waals surface area contributed by atoms with Gasteiger partial charge in [0.2, 0.25) is 0 Å². The van der Waals surface area contributed by atoms with Gasteiger partial charge in [-0.05, 0) is 103 Å². The lowest BCUT2D eigenvalue weighted by Gasteiger charge is -2.41. The van der Waals surface area contributed by atoms with E-state index in [0.717, 1.165) is 0 Å². The summed E-state index contributed by atoms with van der Waals surface area (Å²) in [5.41, 5.74) is 17.8. The first kappa shape index (κ1) is 32.7. The third kappa shape index (κ3) is 5.93. The van der Waals surface area contributed by atoms with Gasteiger partial charge in [-0.1, -0.05) is 179 Å². The first-order valence-corrected chi connectivity index (χ1v) is 18.8. The zero-order chi connectivity index (χ0) is 35.9. The van der Waals surface area contributed by atoms with Crippen molar-refractivity contribution in [2.24, 2.45) is 11.8 Å². The Morgan fingerprint density at radius 2 is 0.792 bits per heavy atom. The van der Waals surface area contributed by atoms with Crippen LogP contribution in [0, 0.1) is 11.8 Å². The Kier molecular flexibility index (Phi) is 8.28. The number of fused-ring (bicyclic) bond motifs is 3. The van der Waals surface area contributed by atoms with E-state index in [1.807, 2.05) is 0 Å². The van der Waals surface area contributed by atoms with Crippen molar-refractivity contribution in [1.82, 2.24) is 0 Å². The van der Waals surface area contributed by atoms with Gasteiger partial charge in [0, 0.05) is 28.9 Å². The van der Waals surface area contributed by atoms with Gasteiger partial charge < -0.3 is 4.90 Å². The van der Waals surface area contributed by atoms with Gasteiger partial charge in [-0.3, -0.25) is 0 Å². The van der Waals surface area contributed by atoms with Crippen molar-refractivity contribution < 1.29 is 0 Å². The maximum absolute atomic E-state index is 2.49. The Hall–Kier alpha value is -6.18. The van der Waals surface area contributed by atoms with Crippen molar-refractivity contribution in [2.45, 2.75) is 26.2 Å². The zero-order valence-electron chi connectivity index (χ0n) is 30.6. The first-order chi connectivity index (χ1) is 26.0. The molecule has 0 aromatic heterocycles. The maximum Gasteiger partial charge on any atom is 0.0458 e. The molecule has 1 nitrogen and oxygen atoms in total. The average molecular weight is 682 g/mol. The normalized spacial score (nSPS) is 17.0. The molecule has 2 atom stereocenters. The molecule has 0 fully saturated rings. The van der Waals surface area contributed by atoms with Gasteiger partial charge in [0.05, 0.1) is 0 Å². The Labute approximate surface area is 314 Å². The number of benzene rings is 7. The Balaban J connectivity index is 1.08. The van der Waals surface area contributed by atoms with E-state index in [4.69, 9.17) is 0 Å². The fourth-order valence-electron chi connectivity index (χ4n) is 8.90. The van der Waals surface area contributed by atoms with E-state index >= 15 is 0 Å². The molecule has 53 heavy (non-hydrogen) atoms. The lowest BCUT2D eigenvalue weighted by Crippen LogP contribution is -2.35. The molecular formula is C52H43N. The van der Waals surface area contributed by atoms with E-state index < -0.39 is 0 Å². The molecule has 9 rings (SSSR count). The fraction of sp³-hybridized carbons (Fsp3) is 0.115. The van der Waals surface area contributed by atoms with Crippen molar-refractivity contribution >= 4 is 16.9 Å². The van der Waals surface area contributed by atoms with E-state index in [2.05, 4.69) is 220 Å². The second kappa shape index (κ2) is 13.4. The molecule has 2 aliphatic rings. The van der Waals surface area contributed by atoms with Gasteiger partial charge in [-0.15, -0.1) is 0 Å². The fourth-order valence-corrected chi connectivity index (χ4v) is 8.90. The molecule has 0 aliphatic heterocycles. The molecule has 1 heteroatoms. The van der Waals surface area contributed by atoms with Crippen LogP contribution in [0.2, 0.25) is 0 Å². The second-order valence-corrected chi connectivity index (χ2v) is 15.1. The Bertz CT molecular complexity index is 2350. The summed E-state index contributed by atoms with van der Waals surface area (Å²) in [5.74, 6) is 0.608. The maximum atomic E-state index is 2.49. The third-order valence-corrected chi connectivity index (χ3v) is 11.6. The molecule has 256 valence electrons. The van der Waals surface area contributed by atoms with E-state index in [0.29, 0.717) is 5.92 Å². The number of anilines is 2. The van der Waals surface area contributed by atoms with Crippen molar-refractivity contribution in [3.63, 3.8) is 0 Å². The van der Waals surface area contributed by atoms with Crippen molar-refractivity contribution in [3.05, 3.63) is 211 Å². The van der Waals surface area contributed by atoms with Gasteiger partial charge in [0.15, 0.2) is 0 Å². The lowest BCUT2D eigenvalue weighted by molar-refractivity contribution is 0.334. The number of rotatable bonds is 7. The summed E-state index contributed by atoms with van der Waals surface area (Å²) in [6.07, 6.45) is 4.79. The van der Waals surface area contributed by atoms with Gasteiger partial charge in [-0.2, -0.15) is 0 Å². The third-order valence-electron chi connectivity index (χ3n) is 11.6. The highest BCUT2D eigenvalue weighted by atomic mass is 15.2. The molecule has 2 aliphatic carbocycles. The van der Waals surface area contributed by atoms with E-state index in [-0.39, 0.29) is 11.3 Å². The molecule has 2 unspecified atom stereocenters. The lowest BCUT2D eigenvalue weighted by atomic mass is 9.68. The molecule has 7 aromatic rings. The Morgan fingerprint density at radius 3 is 1.25 bits per heavy atom. The van der Waals surface area contributed by atoms with Crippen LogP contribution in [0.4, 0.5) is 11.4 Å². The molecule has 7 aromatic carbocycles. The van der Waals surface area contributed by atoms with E-state index in [9.17, 15) is 0 Å². The average Bonchev–Trinajstić information content (AvgIpc) is 3.46. The number of hydrogen-bond acceptors (Lipinski definition) is 1. The van der Waals surface area contributed by atoms with Gasteiger partial charge in [0.25, 0.3) is 0 Å². The van der Waals surface area contributed by atoms with Crippen molar-refractivity contribution in [1.29, 1.82) is 0 Å². The highest BCUT2D eigenvalue weighted by Crippen LogP contribution is 2.57. The summed E-state index contributed by atoms with van der Waals surface area (Å²) in [4.78, 5) is 2.49. The highest BCUT2D eigenvalue weighted by Gasteiger charge is 2.48. The molecule has 0 saturated heterocycles. The molecular weight excluding hydrogens is 639 g/mol. The highest BCUT2D eigenvalue weighted by molar-refractivity contribution is 5.85. The van der Waals surface area contributed by atoms with Gasteiger partial charge in [-0.25, -0.2) is 0 Å². The largest absolute Gasteiger partial charge is 0.314 e. The Morgan fingerprint density at radius 1 is 0.415 bits per heavy atom. The SMILES string of the molecule is CC1C(N(c2ccc(-c3ccccc3)cc2)c2ccc(-c3ccccc3)cc2)=CC=C2c3ccc(-c4ccc(-c5ccccc5)cc4)cc3C(C)(C)C21. The van der Waals surface area contributed by atoms with Gasteiger partial charge >= 0.3 is 0 Å². The zero-order valence-corrected chi connectivity index (χ0v) is 30.6. The second-order valence-electron chi connectivity index (χ2n) is 15.1. The monoisotopic (exact) mass is 681 g/mol. The molecule has 0 radical (unpaired) electrons. The predicted octanol–water partition coefficient (Wildman–Crippen LogP) is 14.0. The van der Waals surface area contributed by atoms with Crippen molar-refractivity contribution in [2.75, 3.05) is 4.90 Å². The molecule has 0 saturated carbocycles. The van der Waals surface area contributed by atoms with E-state index in [1.165, 1.54) is 78.3 Å². The van der Waals surface area contributed by atoms with Crippen LogP contribution in [0.5, 0.6) is 0 Å². The van der Waals surface area contributed by atoms with Gasteiger partial charge in [0.1, 0.15) is 0 Å². The molecule has 0 amide bonds. The van der Waals surface area contributed by atoms with Crippen LogP contribution in [0.3, 0.4) is 0 Å². The topological polar surface area (TPSA) is 3.24 Å².